The van der Waals surface area contributed by atoms with Crippen LogP contribution in [0.25, 0.3) is 0 Å². The van der Waals surface area contributed by atoms with E-state index >= 15 is 0 Å². The van der Waals surface area contributed by atoms with Crippen molar-refractivity contribution in [3.05, 3.63) is 0 Å². The van der Waals surface area contributed by atoms with Gasteiger partial charge in [0.1, 0.15) is 0 Å². The number of unbranched alkanes of at least 4 members (excludes halogenated alkanes) is 13. The van der Waals surface area contributed by atoms with E-state index in [1.165, 1.54) is 121 Å². The van der Waals surface area contributed by atoms with Gasteiger partial charge in [0, 0.05) is 11.5 Å². The zero-order valence-corrected chi connectivity index (χ0v) is 23.8. The molecule has 0 radical (unpaired) electrons. The molecule has 0 saturated heterocycles. The summed E-state index contributed by atoms with van der Waals surface area (Å²) in [5.41, 5.74) is 0. The third-order valence-corrected chi connectivity index (χ3v) is 8.14. The maximum absolute atomic E-state index is 6.25. The lowest BCUT2D eigenvalue weighted by Gasteiger charge is -2.18. The van der Waals surface area contributed by atoms with Crippen molar-refractivity contribution in [1.82, 2.24) is 0 Å². The van der Waals surface area contributed by atoms with Gasteiger partial charge in [-0.2, -0.15) is 23.5 Å². The average Bonchev–Trinajstić information content (AvgIpc) is 2.80. The molecule has 2 nitrogen and oxygen atoms in total. The van der Waals surface area contributed by atoms with Crippen LogP contribution in [0.4, 0.5) is 0 Å². The normalized spacial score (nSPS) is 12.5. The molecule has 0 N–H and O–H groups in total. The Hall–Kier alpha value is 0.620. The average molecular weight is 491 g/mol. The highest BCUT2D eigenvalue weighted by atomic mass is 32.2. The summed E-state index contributed by atoms with van der Waals surface area (Å²) in [5, 5.41) is 0. The van der Waals surface area contributed by atoms with Crippen molar-refractivity contribution in [2.75, 3.05) is 42.8 Å². The van der Waals surface area contributed by atoms with Gasteiger partial charge in [-0.15, -0.1) is 0 Å². The zero-order chi connectivity index (χ0) is 23.4. The van der Waals surface area contributed by atoms with Crippen molar-refractivity contribution in [2.45, 2.75) is 136 Å². The first-order chi connectivity index (χ1) is 15.8. The van der Waals surface area contributed by atoms with Gasteiger partial charge in [0.25, 0.3) is 0 Å². The van der Waals surface area contributed by atoms with E-state index in [1.807, 2.05) is 11.8 Å². The van der Waals surface area contributed by atoms with E-state index in [1.54, 1.807) is 0 Å². The molecule has 0 rings (SSSR count). The Labute approximate surface area is 211 Å². The summed E-state index contributed by atoms with van der Waals surface area (Å²) in [7, 11) is 0. The number of ether oxygens (including phenoxy) is 2. The molecule has 1 atom stereocenters. The predicted octanol–water partition coefficient (Wildman–Crippen LogP) is 9.55. The standard InChI is InChI=1S/C28H58O2S2/c1-4-7-10-13-14-15-16-17-20-28(27-32-25-19-12-9-6-3)30-22-21-29-23-26-31-24-18-11-8-5-2/h28H,4-27H2,1-3H3/t28-/m0/s1. The van der Waals surface area contributed by atoms with Crippen LogP contribution in [0.15, 0.2) is 0 Å². The van der Waals surface area contributed by atoms with Gasteiger partial charge in [-0.1, -0.05) is 111 Å². The summed E-state index contributed by atoms with van der Waals surface area (Å²) in [6, 6.07) is 0. The van der Waals surface area contributed by atoms with E-state index < -0.39 is 0 Å². The van der Waals surface area contributed by atoms with Crippen LogP contribution in [0.1, 0.15) is 130 Å². The highest BCUT2D eigenvalue weighted by Gasteiger charge is 2.09. The van der Waals surface area contributed by atoms with Crippen LogP contribution >= 0.6 is 23.5 Å². The SMILES string of the molecule is CCCCCCCCCC[C@@H](CSCCCCCC)OCCOCCSCCCCCC. The fraction of sp³-hybridized carbons (Fsp3) is 1.00. The van der Waals surface area contributed by atoms with Crippen molar-refractivity contribution < 1.29 is 9.47 Å². The highest BCUT2D eigenvalue weighted by Crippen LogP contribution is 2.17. The van der Waals surface area contributed by atoms with Crippen LogP contribution in [0.3, 0.4) is 0 Å². The minimum absolute atomic E-state index is 0.419. The molecule has 32 heavy (non-hydrogen) atoms. The van der Waals surface area contributed by atoms with E-state index in [4.69, 9.17) is 9.47 Å². The summed E-state index contributed by atoms with van der Waals surface area (Å²) < 4.78 is 12.1. The maximum Gasteiger partial charge on any atom is 0.0704 e. The Morgan fingerprint density at radius 1 is 0.500 bits per heavy atom. The number of rotatable bonds is 28. The monoisotopic (exact) mass is 490 g/mol. The molecular formula is C28H58O2S2. The van der Waals surface area contributed by atoms with E-state index in [9.17, 15) is 0 Å². The van der Waals surface area contributed by atoms with Crippen LogP contribution in [0, 0.1) is 0 Å². The Bertz CT molecular complexity index is 329. The van der Waals surface area contributed by atoms with Crippen molar-refractivity contribution in [3.63, 3.8) is 0 Å². The smallest absolute Gasteiger partial charge is 0.0704 e. The fourth-order valence-electron chi connectivity index (χ4n) is 3.79. The Balaban J connectivity index is 3.77. The second kappa shape index (κ2) is 29.7. The minimum Gasteiger partial charge on any atom is -0.378 e. The quantitative estimate of drug-likeness (QED) is 0.102. The lowest BCUT2D eigenvalue weighted by molar-refractivity contribution is 0.0138. The van der Waals surface area contributed by atoms with E-state index in [2.05, 4.69) is 32.5 Å². The molecule has 0 fully saturated rings. The van der Waals surface area contributed by atoms with E-state index in [-0.39, 0.29) is 0 Å². The Kier molecular flexibility index (Phi) is 30.2. The molecule has 0 aromatic rings. The Morgan fingerprint density at radius 3 is 1.66 bits per heavy atom. The number of thioether (sulfide) groups is 2. The van der Waals surface area contributed by atoms with Crippen molar-refractivity contribution >= 4 is 23.5 Å². The molecule has 0 amide bonds. The van der Waals surface area contributed by atoms with Crippen LogP contribution in [0.2, 0.25) is 0 Å². The van der Waals surface area contributed by atoms with Gasteiger partial charge in [-0.25, -0.2) is 0 Å². The van der Waals surface area contributed by atoms with Gasteiger partial charge >= 0.3 is 0 Å². The predicted molar refractivity (Wildman–Crippen MR) is 151 cm³/mol. The molecule has 0 unspecified atom stereocenters. The molecule has 4 heteroatoms. The van der Waals surface area contributed by atoms with Crippen LogP contribution in [-0.4, -0.2) is 48.9 Å². The molecule has 0 bridgehead atoms. The molecule has 0 aromatic heterocycles. The number of hydrogen-bond acceptors (Lipinski definition) is 4. The summed E-state index contributed by atoms with van der Waals surface area (Å²) in [4.78, 5) is 0. The lowest BCUT2D eigenvalue weighted by Crippen LogP contribution is -2.19. The Morgan fingerprint density at radius 2 is 1.03 bits per heavy atom. The molecular weight excluding hydrogens is 432 g/mol. The maximum atomic E-state index is 6.25. The molecule has 194 valence electrons. The van der Waals surface area contributed by atoms with Crippen molar-refractivity contribution in [2.24, 2.45) is 0 Å². The molecule has 0 aliphatic carbocycles. The second-order valence-electron chi connectivity index (χ2n) is 9.18. The third kappa shape index (κ3) is 26.9. The number of hydrogen-bond donors (Lipinski definition) is 0. The molecule has 0 aromatic carbocycles. The molecule has 0 aliphatic rings. The summed E-state index contributed by atoms with van der Waals surface area (Å²) in [6.07, 6.45) is 23.7. The second-order valence-corrected chi connectivity index (χ2v) is 11.6. The largest absolute Gasteiger partial charge is 0.378 e. The van der Waals surface area contributed by atoms with Crippen molar-refractivity contribution in [1.29, 1.82) is 0 Å². The lowest BCUT2D eigenvalue weighted by atomic mass is 10.1. The van der Waals surface area contributed by atoms with Gasteiger partial charge in [0.15, 0.2) is 0 Å². The molecule has 0 aliphatic heterocycles. The van der Waals surface area contributed by atoms with Crippen LogP contribution in [0.5, 0.6) is 0 Å². The van der Waals surface area contributed by atoms with Gasteiger partial charge in [0.05, 0.1) is 25.9 Å². The van der Waals surface area contributed by atoms with Gasteiger partial charge < -0.3 is 9.47 Å². The van der Waals surface area contributed by atoms with Crippen molar-refractivity contribution in [3.8, 4) is 0 Å². The van der Waals surface area contributed by atoms with Gasteiger partial charge in [-0.3, -0.25) is 0 Å². The third-order valence-electron chi connectivity index (χ3n) is 5.92. The topological polar surface area (TPSA) is 18.5 Å². The van der Waals surface area contributed by atoms with Gasteiger partial charge in [-0.05, 0) is 30.8 Å². The van der Waals surface area contributed by atoms with Crippen LogP contribution < -0.4 is 0 Å². The first-order valence-electron chi connectivity index (χ1n) is 14.2. The zero-order valence-electron chi connectivity index (χ0n) is 22.2. The van der Waals surface area contributed by atoms with Gasteiger partial charge in [0.2, 0.25) is 0 Å². The molecule has 0 saturated carbocycles. The summed E-state index contributed by atoms with van der Waals surface area (Å²) in [6.45, 7) is 9.24. The summed E-state index contributed by atoms with van der Waals surface area (Å²) >= 11 is 4.14. The molecule has 0 spiro atoms. The fourth-order valence-corrected chi connectivity index (χ4v) is 5.74. The van der Waals surface area contributed by atoms with Crippen LogP contribution in [-0.2, 0) is 9.47 Å². The summed E-state index contributed by atoms with van der Waals surface area (Å²) in [5.74, 6) is 4.87. The van der Waals surface area contributed by atoms with E-state index in [0.717, 1.165) is 31.3 Å². The highest BCUT2D eigenvalue weighted by molar-refractivity contribution is 7.99. The molecule has 0 heterocycles. The minimum atomic E-state index is 0.419. The van der Waals surface area contributed by atoms with E-state index in [0.29, 0.717) is 6.10 Å². The first kappa shape index (κ1) is 32.6. The first-order valence-corrected chi connectivity index (χ1v) is 16.5.